The van der Waals surface area contributed by atoms with Gasteiger partial charge in [-0.05, 0) is 29.2 Å². The maximum absolute atomic E-state index is 13.5. The average Bonchev–Trinajstić information content (AvgIpc) is 2.84. The molecule has 0 aliphatic carbocycles. The van der Waals surface area contributed by atoms with E-state index >= 15 is 0 Å². The SMILES string of the molecule is CCCN1CCN(C(=O)Cn2cccnc2=O)C(Cc2ccccc2-c2ccccc2)C1=O. The van der Waals surface area contributed by atoms with E-state index in [1.165, 1.54) is 10.8 Å². The van der Waals surface area contributed by atoms with Gasteiger partial charge < -0.3 is 9.80 Å². The van der Waals surface area contributed by atoms with Crippen molar-refractivity contribution in [3.05, 3.63) is 89.1 Å². The Morgan fingerprint density at radius 3 is 2.52 bits per heavy atom. The summed E-state index contributed by atoms with van der Waals surface area (Å²) in [6.45, 7) is 3.51. The zero-order valence-electron chi connectivity index (χ0n) is 18.8. The summed E-state index contributed by atoms with van der Waals surface area (Å²) in [5.74, 6) is -0.297. The number of hydrogen-bond acceptors (Lipinski definition) is 4. The minimum absolute atomic E-state index is 0.0437. The molecule has 2 aromatic carbocycles. The number of benzene rings is 2. The third-order valence-corrected chi connectivity index (χ3v) is 6.00. The highest BCUT2D eigenvalue weighted by atomic mass is 16.2. The van der Waals surface area contributed by atoms with E-state index in [-0.39, 0.29) is 18.4 Å². The molecule has 170 valence electrons. The summed E-state index contributed by atoms with van der Waals surface area (Å²) in [6, 6.07) is 19.0. The van der Waals surface area contributed by atoms with Crippen LogP contribution in [0.4, 0.5) is 0 Å². The number of piperazine rings is 1. The predicted octanol–water partition coefficient (Wildman–Crippen LogP) is 2.60. The fourth-order valence-electron chi connectivity index (χ4n) is 4.38. The van der Waals surface area contributed by atoms with Gasteiger partial charge in [0.05, 0.1) is 0 Å². The van der Waals surface area contributed by atoms with Crippen LogP contribution in [0.2, 0.25) is 0 Å². The van der Waals surface area contributed by atoms with Gasteiger partial charge in [-0.1, -0.05) is 61.5 Å². The molecular weight excluding hydrogens is 416 g/mol. The smallest absolute Gasteiger partial charge is 0.339 e. The molecule has 1 fully saturated rings. The van der Waals surface area contributed by atoms with Gasteiger partial charge in [-0.2, -0.15) is 0 Å². The number of carbonyl (C=O) groups is 2. The van der Waals surface area contributed by atoms with Crippen molar-refractivity contribution < 1.29 is 9.59 Å². The van der Waals surface area contributed by atoms with E-state index in [4.69, 9.17) is 0 Å². The third kappa shape index (κ3) is 5.03. The Labute approximate surface area is 193 Å². The molecule has 1 saturated heterocycles. The standard InChI is InChI=1S/C26H28N4O3/c1-2-14-28-16-17-30(24(31)19-29-15-8-13-27-26(29)33)23(25(28)32)18-21-11-6-7-12-22(21)20-9-4-3-5-10-20/h3-13,15,23H,2,14,16-19H2,1H3. The number of nitrogens with zero attached hydrogens (tertiary/aromatic N) is 4. The Kier molecular flexibility index (Phi) is 6.98. The quantitative estimate of drug-likeness (QED) is 0.561. The van der Waals surface area contributed by atoms with Crippen LogP contribution in [0.5, 0.6) is 0 Å². The topological polar surface area (TPSA) is 75.5 Å². The molecule has 0 N–H and O–H groups in total. The second-order valence-electron chi connectivity index (χ2n) is 8.19. The molecule has 7 nitrogen and oxygen atoms in total. The van der Waals surface area contributed by atoms with Crippen LogP contribution in [0.25, 0.3) is 11.1 Å². The van der Waals surface area contributed by atoms with Crippen LogP contribution in [-0.4, -0.2) is 56.8 Å². The molecule has 0 radical (unpaired) electrons. The van der Waals surface area contributed by atoms with Crippen molar-refractivity contribution in [2.75, 3.05) is 19.6 Å². The molecule has 2 amide bonds. The average molecular weight is 445 g/mol. The van der Waals surface area contributed by atoms with E-state index in [0.29, 0.717) is 26.1 Å². The van der Waals surface area contributed by atoms with Crippen molar-refractivity contribution in [2.24, 2.45) is 0 Å². The van der Waals surface area contributed by atoms with Crippen molar-refractivity contribution in [1.29, 1.82) is 0 Å². The lowest BCUT2D eigenvalue weighted by molar-refractivity contribution is -0.151. The summed E-state index contributed by atoms with van der Waals surface area (Å²) in [5.41, 5.74) is 2.65. The lowest BCUT2D eigenvalue weighted by Gasteiger charge is -2.41. The first-order chi connectivity index (χ1) is 16.1. The molecule has 2 heterocycles. The van der Waals surface area contributed by atoms with Gasteiger partial charge in [-0.3, -0.25) is 14.2 Å². The van der Waals surface area contributed by atoms with Gasteiger partial charge >= 0.3 is 5.69 Å². The van der Waals surface area contributed by atoms with Gasteiger partial charge in [-0.15, -0.1) is 0 Å². The Balaban J connectivity index is 1.65. The molecular formula is C26H28N4O3. The number of rotatable bonds is 7. The molecule has 3 aromatic rings. The van der Waals surface area contributed by atoms with Crippen molar-refractivity contribution in [3.63, 3.8) is 0 Å². The van der Waals surface area contributed by atoms with Crippen molar-refractivity contribution in [1.82, 2.24) is 19.4 Å². The van der Waals surface area contributed by atoms with E-state index in [1.807, 2.05) is 66.4 Å². The monoisotopic (exact) mass is 444 g/mol. The fourth-order valence-corrected chi connectivity index (χ4v) is 4.38. The van der Waals surface area contributed by atoms with Crippen LogP contribution >= 0.6 is 0 Å². The highest BCUT2D eigenvalue weighted by molar-refractivity contribution is 5.89. The molecule has 0 saturated carbocycles. The summed E-state index contributed by atoms with van der Waals surface area (Å²) in [5, 5.41) is 0. The largest absolute Gasteiger partial charge is 0.347 e. The van der Waals surface area contributed by atoms with Crippen molar-refractivity contribution in [2.45, 2.75) is 32.4 Å². The zero-order valence-corrected chi connectivity index (χ0v) is 18.8. The summed E-state index contributed by atoms with van der Waals surface area (Å²) in [4.78, 5) is 45.9. The van der Waals surface area contributed by atoms with E-state index < -0.39 is 11.7 Å². The van der Waals surface area contributed by atoms with Crippen LogP contribution in [0, 0.1) is 0 Å². The summed E-state index contributed by atoms with van der Waals surface area (Å²) in [7, 11) is 0. The molecule has 1 atom stereocenters. The van der Waals surface area contributed by atoms with Crippen LogP contribution < -0.4 is 5.69 Å². The van der Waals surface area contributed by atoms with Crippen molar-refractivity contribution >= 4 is 11.8 Å². The van der Waals surface area contributed by atoms with Gasteiger partial charge in [0.25, 0.3) is 0 Å². The lowest BCUT2D eigenvalue weighted by Crippen LogP contribution is -2.60. The van der Waals surface area contributed by atoms with Gasteiger partial charge in [0.15, 0.2) is 0 Å². The Morgan fingerprint density at radius 1 is 1.00 bits per heavy atom. The molecule has 7 heteroatoms. The fraction of sp³-hybridized carbons (Fsp3) is 0.308. The summed E-state index contributed by atoms with van der Waals surface area (Å²) >= 11 is 0. The maximum Gasteiger partial charge on any atom is 0.347 e. The number of amides is 2. The number of aromatic nitrogens is 2. The minimum Gasteiger partial charge on any atom is -0.339 e. The van der Waals surface area contributed by atoms with Gasteiger partial charge in [0.2, 0.25) is 11.8 Å². The first-order valence-corrected chi connectivity index (χ1v) is 11.3. The molecule has 0 bridgehead atoms. The van der Waals surface area contributed by atoms with E-state index in [2.05, 4.69) is 4.98 Å². The lowest BCUT2D eigenvalue weighted by atomic mass is 9.93. The molecule has 1 aromatic heterocycles. The molecule has 33 heavy (non-hydrogen) atoms. The van der Waals surface area contributed by atoms with E-state index in [0.717, 1.165) is 23.1 Å². The van der Waals surface area contributed by atoms with Gasteiger partial charge in [0, 0.05) is 38.4 Å². The van der Waals surface area contributed by atoms with Gasteiger partial charge in [0.1, 0.15) is 12.6 Å². The number of carbonyl (C=O) groups excluding carboxylic acids is 2. The Hall–Kier alpha value is -3.74. The maximum atomic E-state index is 13.5. The first kappa shape index (κ1) is 22.5. The highest BCUT2D eigenvalue weighted by Gasteiger charge is 2.37. The van der Waals surface area contributed by atoms with Crippen LogP contribution in [0.15, 0.2) is 77.9 Å². The van der Waals surface area contributed by atoms with E-state index in [9.17, 15) is 14.4 Å². The molecule has 4 rings (SSSR count). The van der Waals surface area contributed by atoms with Gasteiger partial charge in [-0.25, -0.2) is 9.78 Å². The molecule has 0 spiro atoms. The van der Waals surface area contributed by atoms with E-state index in [1.54, 1.807) is 17.2 Å². The third-order valence-electron chi connectivity index (χ3n) is 6.00. The summed E-state index contributed by atoms with van der Waals surface area (Å²) in [6.07, 6.45) is 4.22. The molecule has 1 aliphatic heterocycles. The normalized spacial score (nSPS) is 16.2. The summed E-state index contributed by atoms with van der Waals surface area (Å²) < 4.78 is 1.28. The predicted molar refractivity (Wildman–Crippen MR) is 126 cm³/mol. The van der Waals surface area contributed by atoms with Crippen LogP contribution in [-0.2, 0) is 22.6 Å². The van der Waals surface area contributed by atoms with Crippen LogP contribution in [0.3, 0.4) is 0 Å². The second kappa shape index (κ2) is 10.3. The van der Waals surface area contributed by atoms with Crippen molar-refractivity contribution in [3.8, 4) is 11.1 Å². The number of hydrogen-bond donors (Lipinski definition) is 0. The molecule has 1 unspecified atom stereocenters. The Bertz CT molecular complexity index is 1180. The van der Waals surface area contributed by atoms with Crippen LogP contribution in [0.1, 0.15) is 18.9 Å². The zero-order chi connectivity index (χ0) is 23.2. The highest BCUT2D eigenvalue weighted by Crippen LogP contribution is 2.27. The minimum atomic E-state index is -0.616. The Morgan fingerprint density at radius 2 is 1.76 bits per heavy atom. The molecule has 1 aliphatic rings. The first-order valence-electron chi connectivity index (χ1n) is 11.3. The second-order valence-corrected chi connectivity index (χ2v) is 8.19.